The molecule has 0 bridgehead atoms. The second-order valence-electron chi connectivity index (χ2n) is 6.00. The Bertz CT molecular complexity index is 959. The lowest BCUT2D eigenvalue weighted by Crippen LogP contribution is -2.15. The van der Waals surface area contributed by atoms with E-state index in [0.717, 1.165) is 23.4 Å². The smallest absolute Gasteiger partial charge is 0.257 e. The van der Waals surface area contributed by atoms with Crippen LogP contribution < -0.4 is 15.4 Å². The molecule has 144 valence electrons. The van der Waals surface area contributed by atoms with Gasteiger partial charge in [-0.1, -0.05) is 24.3 Å². The molecule has 0 fully saturated rings. The summed E-state index contributed by atoms with van der Waals surface area (Å²) in [6.45, 7) is 0.592. The van der Waals surface area contributed by atoms with Crippen LogP contribution in [0.4, 0.5) is 20.2 Å². The van der Waals surface area contributed by atoms with Crippen molar-refractivity contribution in [2.24, 2.45) is 0 Å². The molecule has 0 saturated carbocycles. The number of amides is 1. The molecule has 0 spiro atoms. The van der Waals surface area contributed by atoms with Gasteiger partial charge in [0.2, 0.25) is 0 Å². The number of methoxy groups -OCH3 is 1. The summed E-state index contributed by atoms with van der Waals surface area (Å²) in [6.07, 6.45) is 3.61. The van der Waals surface area contributed by atoms with Crippen molar-refractivity contribution < 1.29 is 18.3 Å². The summed E-state index contributed by atoms with van der Waals surface area (Å²) in [5.41, 5.74) is 1.37. The van der Waals surface area contributed by atoms with Gasteiger partial charge >= 0.3 is 0 Å². The summed E-state index contributed by atoms with van der Waals surface area (Å²) in [7, 11) is 1.62. The highest BCUT2D eigenvalue weighted by atomic mass is 19.1. The Morgan fingerprint density at radius 1 is 1.07 bits per heavy atom. The van der Waals surface area contributed by atoms with E-state index in [2.05, 4.69) is 15.6 Å². The minimum absolute atomic E-state index is 0.185. The second-order valence-corrected chi connectivity index (χ2v) is 6.00. The number of anilines is 2. The third kappa shape index (κ3) is 4.62. The van der Waals surface area contributed by atoms with Crippen LogP contribution in [0.5, 0.6) is 5.75 Å². The van der Waals surface area contributed by atoms with Gasteiger partial charge in [0.1, 0.15) is 23.1 Å². The molecule has 2 N–H and O–H groups in total. The van der Waals surface area contributed by atoms with Gasteiger partial charge in [0.25, 0.3) is 5.91 Å². The van der Waals surface area contributed by atoms with Gasteiger partial charge < -0.3 is 15.4 Å². The molecule has 5 nitrogen and oxygen atoms in total. The fourth-order valence-electron chi connectivity index (χ4n) is 2.71. The molecule has 0 saturated heterocycles. The molecule has 0 unspecified atom stereocenters. The molecule has 0 atom stereocenters. The number of hydrogen-bond donors (Lipinski definition) is 2. The number of aromatic nitrogens is 1. The van der Waals surface area contributed by atoms with E-state index in [1.165, 1.54) is 12.3 Å². The van der Waals surface area contributed by atoms with E-state index in [1.54, 1.807) is 19.4 Å². The van der Waals surface area contributed by atoms with Crippen LogP contribution in [0.3, 0.4) is 0 Å². The number of halogens is 2. The van der Waals surface area contributed by atoms with Crippen molar-refractivity contribution in [2.45, 2.75) is 6.42 Å². The molecule has 7 heteroatoms. The number of nitrogens with one attached hydrogen (secondary N) is 2. The van der Waals surface area contributed by atoms with Gasteiger partial charge in [-0.3, -0.25) is 9.78 Å². The summed E-state index contributed by atoms with van der Waals surface area (Å²) in [5, 5.41) is 5.43. The lowest BCUT2D eigenvalue weighted by Gasteiger charge is -2.11. The lowest BCUT2D eigenvalue weighted by molar-refractivity contribution is 0.102. The number of ether oxygens (including phenoxy) is 1. The van der Waals surface area contributed by atoms with Crippen LogP contribution in [0, 0.1) is 11.6 Å². The molecule has 0 aliphatic rings. The Balaban J connectivity index is 1.64. The fourth-order valence-corrected chi connectivity index (χ4v) is 2.71. The Kier molecular flexibility index (Phi) is 6.16. The van der Waals surface area contributed by atoms with E-state index >= 15 is 0 Å². The van der Waals surface area contributed by atoms with Gasteiger partial charge in [-0.25, -0.2) is 8.78 Å². The highest BCUT2D eigenvalue weighted by Gasteiger charge is 2.14. The van der Waals surface area contributed by atoms with Crippen LogP contribution in [0.15, 0.2) is 60.9 Å². The maximum atomic E-state index is 13.7. The molecule has 3 aromatic rings. The second kappa shape index (κ2) is 8.94. The SMILES string of the molecule is COc1ccccc1CCNc1cncc(C(=O)Nc2c(F)cccc2F)c1. The van der Waals surface area contributed by atoms with E-state index in [9.17, 15) is 13.6 Å². The van der Waals surface area contributed by atoms with Gasteiger partial charge in [-0.15, -0.1) is 0 Å². The molecule has 0 aliphatic carbocycles. The molecule has 1 aromatic heterocycles. The molecular weight excluding hydrogens is 364 g/mol. The first-order valence-electron chi connectivity index (χ1n) is 8.64. The fraction of sp³-hybridized carbons (Fsp3) is 0.143. The quantitative estimate of drug-likeness (QED) is 0.639. The summed E-state index contributed by atoms with van der Waals surface area (Å²) in [4.78, 5) is 16.3. The first-order valence-corrected chi connectivity index (χ1v) is 8.64. The van der Waals surface area contributed by atoms with Gasteiger partial charge in [-0.05, 0) is 36.2 Å². The van der Waals surface area contributed by atoms with Crippen molar-refractivity contribution >= 4 is 17.3 Å². The Morgan fingerprint density at radius 2 is 1.82 bits per heavy atom. The predicted molar refractivity (Wildman–Crippen MR) is 104 cm³/mol. The third-order valence-electron chi connectivity index (χ3n) is 4.12. The molecule has 28 heavy (non-hydrogen) atoms. The van der Waals surface area contributed by atoms with Gasteiger partial charge in [0.05, 0.1) is 18.4 Å². The van der Waals surface area contributed by atoms with Gasteiger partial charge in [0.15, 0.2) is 0 Å². The topological polar surface area (TPSA) is 63.2 Å². The highest BCUT2D eigenvalue weighted by molar-refractivity contribution is 6.04. The van der Waals surface area contributed by atoms with E-state index < -0.39 is 23.2 Å². The van der Waals surface area contributed by atoms with E-state index in [-0.39, 0.29) is 5.56 Å². The molecule has 2 aromatic carbocycles. The Hall–Kier alpha value is -3.48. The van der Waals surface area contributed by atoms with Crippen molar-refractivity contribution in [3.05, 3.63) is 83.7 Å². The zero-order valence-electron chi connectivity index (χ0n) is 15.2. The normalized spacial score (nSPS) is 10.4. The number of pyridine rings is 1. The van der Waals surface area contributed by atoms with Crippen LogP contribution in [0.2, 0.25) is 0 Å². The highest BCUT2D eigenvalue weighted by Crippen LogP contribution is 2.20. The number of rotatable bonds is 7. The first kappa shape index (κ1) is 19.3. The van der Waals surface area contributed by atoms with Crippen molar-refractivity contribution in [3.8, 4) is 5.75 Å². The number of carbonyl (C=O) groups is 1. The molecule has 0 radical (unpaired) electrons. The minimum atomic E-state index is -0.840. The molecule has 3 rings (SSSR count). The van der Waals surface area contributed by atoms with Crippen LogP contribution in [-0.2, 0) is 6.42 Å². The average molecular weight is 383 g/mol. The monoisotopic (exact) mass is 383 g/mol. The van der Waals surface area contributed by atoms with E-state index in [1.807, 2.05) is 24.3 Å². The van der Waals surface area contributed by atoms with Crippen LogP contribution in [0.25, 0.3) is 0 Å². The summed E-state index contributed by atoms with van der Waals surface area (Å²) in [6, 6.07) is 12.7. The van der Waals surface area contributed by atoms with Crippen molar-refractivity contribution in [1.82, 2.24) is 4.98 Å². The Labute approximate surface area is 161 Å². The number of hydrogen-bond acceptors (Lipinski definition) is 4. The van der Waals surface area contributed by atoms with Crippen molar-refractivity contribution in [2.75, 3.05) is 24.3 Å². The van der Waals surface area contributed by atoms with Gasteiger partial charge in [-0.2, -0.15) is 0 Å². The minimum Gasteiger partial charge on any atom is -0.496 e. The summed E-state index contributed by atoms with van der Waals surface area (Å²) >= 11 is 0. The van der Waals surface area contributed by atoms with E-state index in [4.69, 9.17) is 4.74 Å². The lowest BCUT2D eigenvalue weighted by atomic mass is 10.1. The number of nitrogens with zero attached hydrogens (tertiary/aromatic N) is 1. The molecule has 1 heterocycles. The van der Waals surface area contributed by atoms with Crippen molar-refractivity contribution in [1.29, 1.82) is 0 Å². The van der Waals surface area contributed by atoms with Crippen LogP contribution >= 0.6 is 0 Å². The summed E-state index contributed by atoms with van der Waals surface area (Å²) < 4.78 is 32.7. The zero-order chi connectivity index (χ0) is 19.9. The molecule has 1 amide bonds. The maximum absolute atomic E-state index is 13.7. The first-order chi connectivity index (χ1) is 13.6. The number of para-hydroxylation sites is 2. The standard InChI is InChI=1S/C21H19F2N3O2/c1-28-19-8-3-2-5-14(19)9-10-25-16-11-15(12-24-13-16)21(27)26-20-17(22)6-4-7-18(20)23/h2-8,11-13,25H,9-10H2,1H3,(H,26,27). The number of carbonyl (C=O) groups excluding carboxylic acids is 1. The maximum Gasteiger partial charge on any atom is 0.257 e. The zero-order valence-corrected chi connectivity index (χ0v) is 15.2. The van der Waals surface area contributed by atoms with Crippen molar-refractivity contribution in [3.63, 3.8) is 0 Å². The largest absolute Gasteiger partial charge is 0.496 e. The number of benzene rings is 2. The molecule has 0 aliphatic heterocycles. The predicted octanol–water partition coefficient (Wildman–Crippen LogP) is 4.28. The third-order valence-corrected chi connectivity index (χ3v) is 4.12. The molecular formula is C21H19F2N3O2. The van der Waals surface area contributed by atoms with E-state index in [0.29, 0.717) is 18.7 Å². The van der Waals surface area contributed by atoms with Crippen LogP contribution in [-0.4, -0.2) is 24.5 Å². The Morgan fingerprint density at radius 3 is 2.57 bits per heavy atom. The summed E-state index contributed by atoms with van der Waals surface area (Å²) in [5.74, 6) is -1.52. The average Bonchev–Trinajstić information content (AvgIpc) is 2.71. The van der Waals surface area contributed by atoms with Gasteiger partial charge in [0, 0.05) is 18.9 Å². The van der Waals surface area contributed by atoms with Crippen LogP contribution in [0.1, 0.15) is 15.9 Å².